The van der Waals surface area contributed by atoms with Gasteiger partial charge < -0.3 is 15.5 Å². The van der Waals surface area contributed by atoms with Gasteiger partial charge in [0.05, 0.1) is 17.9 Å². The molecule has 4 N–H and O–H groups in total. The van der Waals surface area contributed by atoms with E-state index in [-0.39, 0.29) is 6.42 Å². The highest BCUT2D eigenvalue weighted by Crippen LogP contribution is 2.16. The SMILES string of the molecule is CCCCCCCCCC/C=C/CC/C=C/CC/C=C/C(O)C(CS(=O)(=O)O)NC(=O)C(O)CCCCCCCCCCCCCCCCCCCCCC. The fourth-order valence-corrected chi connectivity index (χ4v) is 7.81. The normalized spacial score (nSPS) is 14.1. The summed E-state index contributed by atoms with van der Waals surface area (Å²) in [7, 11) is -4.46. The Labute approximate surface area is 340 Å². The maximum absolute atomic E-state index is 12.6. The van der Waals surface area contributed by atoms with Gasteiger partial charge >= 0.3 is 0 Å². The summed E-state index contributed by atoms with van der Waals surface area (Å²) in [6, 6.07) is -1.25. The molecule has 0 aromatic carbocycles. The Morgan fingerprint density at radius 1 is 0.491 bits per heavy atom. The lowest BCUT2D eigenvalue weighted by Crippen LogP contribution is -2.50. The maximum atomic E-state index is 12.6. The van der Waals surface area contributed by atoms with Gasteiger partial charge in [-0.2, -0.15) is 8.42 Å². The average Bonchev–Trinajstić information content (AvgIpc) is 3.15. The zero-order valence-corrected chi connectivity index (χ0v) is 36.7. The molecule has 324 valence electrons. The molecule has 0 saturated heterocycles. The highest BCUT2D eigenvalue weighted by atomic mass is 32.2. The number of carbonyl (C=O) groups excluding carboxylic acids is 1. The largest absolute Gasteiger partial charge is 0.387 e. The molecule has 0 saturated carbocycles. The van der Waals surface area contributed by atoms with E-state index in [2.05, 4.69) is 43.5 Å². The molecule has 0 aromatic rings. The average molecular weight is 796 g/mol. The van der Waals surface area contributed by atoms with E-state index in [0.717, 1.165) is 44.9 Å². The number of aliphatic hydroxyl groups is 2. The fourth-order valence-electron chi connectivity index (χ4n) is 7.08. The second-order valence-electron chi connectivity index (χ2n) is 16.2. The van der Waals surface area contributed by atoms with Crippen molar-refractivity contribution < 1.29 is 28.0 Å². The van der Waals surface area contributed by atoms with E-state index in [1.54, 1.807) is 6.08 Å². The first-order valence-corrected chi connectivity index (χ1v) is 24.9. The zero-order chi connectivity index (χ0) is 40.5. The van der Waals surface area contributed by atoms with Crippen LogP contribution in [0.1, 0.15) is 232 Å². The minimum Gasteiger partial charge on any atom is -0.387 e. The summed E-state index contributed by atoms with van der Waals surface area (Å²) in [6.07, 6.45) is 50.6. The molecule has 0 fully saturated rings. The van der Waals surface area contributed by atoms with Crippen molar-refractivity contribution in [2.24, 2.45) is 0 Å². The number of hydrogen-bond acceptors (Lipinski definition) is 5. The summed E-state index contributed by atoms with van der Waals surface area (Å²) in [6.45, 7) is 4.53. The molecule has 0 aromatic heterocycles. The molecule has 0 bridgehead atoms. The number of carbonyl (C=O) groups is 1. The van der Waals surface area contributed by atoms with Crippen molar-refractivity contribution in [2.45, 2.75) is 250 Å². The quantitative estimate of drug-likeness (QED) is 0.0277. The highest BCUT2D eigenvalue weighted by Gasteiger charge is 2.27. The van der Waals surface area contributed by atoms with Gasteiger partial charge in [0.25, 0.3) is 10.1 Å². The Kier molecular flexibility index (Phi) is 39.6. The fraction of sp³-hybridized carbons (Fsp3) is 0.851. The molecule has 0 radical (unpaired) electrons. The third kappa shape index (κ3) is 40.5. The lowest BCUT2D eigenvalue weighted by Gasteiger charge is -2.22. The molecular formula is C47H89NO6S. The van der Waals surface area contributed by atoms with Gasteiger partial charge in [-0.1, -0.05) is 224 Å². The molecule has 55 heavy (non-hydrogen) atoms. The van der Waals surface area contributed by atoms with Crippen LogP contribution in [-0.4, -0.2) is 53.1 Å². The third-order valence-electron chi connectivity index (χ3n) is 10.7. The van der Waals surface area contributed by atoms with Crippen LogP contribution >= 0.6 is 0 Å². The second-order valence-corrected chi connectivity index (χ2v) is 17.7. The first-order chi connectivity index (χ1) is 26.7. The second kappa shape index (κ2) is 40.7. The monoisotopic (exact) mass is 796 g/mol. The number of hydrogen-bond donors (Lipinski definition) is 4. The van der Waals surface area contributed by atoms with Gasteiger partial charge in [0.1, 0.15) is 6.10 Å². The number of amides is 1. The Bertz CT molecular complexity index is 1030. The van der Waals surface area contributed by atoms with Crippen LogP contribution in [0.4, 0.5) is 0 Å². The van der Waals surface area contributed by atoms with Gasteiger partial charge in [-0.25, -0.2) is 0 Å². The Balaban J connectivity index is 4.00. The maximum Gasteiger partial charge on any atom is 0.267 e. The van der Waals surface area contributed by atoms with E-state index in [1.165, 1.54) is 160 Å². The molecule has 0 aliphatic rings. The molecule has 1 amide bonds. The van der Waals surface area contributed by atoms with Crippen LogP contribution in [0.15, 0.2) is 36.5 Å². The number of unbranched alkanes of at least 4 members (excludes halogenated alkanes) is 29. The summed E-state index contributed by atoms with van der Waals surface area (Å²) in [5, 5.41) is 23.5. The third-order valence-corrected chi connectivity index (χ3v) is 11.4. The standard InChI is InChI=1S/C47H89NO6S/c1-3-5-7-9-11-13-15-17-19-21-23-24-26-28-30-32-34-36-38-40-42-46(50)47(51)48-44(43-55(52,53)54)45(49)41-39-37-35-33-31-29-27-25-22-20-18-16-14-12-10-8-6-4-2/h22,25,31,33,39,41,44-46,49-50H,3-21,23-24,26-30,32,34-38,40,42-43H2,1-2H3,(H,48,51)(H,52,53,54)/b25-22+,33-31+,41-39+. The molecule has 0 heterocycles. The Hall–Kier alpha value is -1.48. The topological polar surface area (TPSA) is 124 Å². The minimum absolute atomic E-state index is 0.275. The van der Waals surface area contributed by atoms with Crippen LogP contribution in [-0.2, 0) is 14.9 Å². The van der Waals surface area contributed by atoms with E-state index in [1.807, 2.05) is 0 Å². The first kappa shape index (κ1) is 53.5. The number of aliphatic hydroxyl groups excluding tert-OH is 2. The van der Waals surface area contributed by atoms with Crippen LogP contribution in [0, 0.1) is 0 Å². The summed E-state index contributed by atoms with van der Waals surface area (Å²) in [5.74, 6) is -1.56. The van der Waals surface area contributed by atoms with Crippen LogP contribution in [0.3, 0.4) is 0 Å². The smallest absolute Gasteiger partial charge is 0.267 e. The van der Waals surface area contributed by atoms with Gasteiger partial charge in [0.2, 0.25) is 5.91 Å². The predicted octanol–water partition coefficient (Wildman–Crippen LogP) is 13.1. The highest BCUT2D eigenvalue weighted by molar-refractivity contribution is 7.85. The van der Waals surface area contributed by atoms with E-state index in [0.29, 0.717) is 12.8 Å². The van der Waals surface area contributed by atoms with E-state index < -0.39 is 40.0 Å². The van der Waals surface area contributed by atoms with Crippen molar-refractivity contribution >= 4 is 16.0 Å². The van der Waals surface area contributed by atoms with Gasteiger partial charge in [-0.15, -0.1) is 0 Å². The van der Waals surface area contributed by atoms with Crippen molar-refractivity contribution in [1.29, 1.82) is 0 Å². The van der Waals surface area contributed by atoms with Crippen LogP contribution in [0.2, 0.25) is 0 Å². The molecule has 0 rings (SSSR count). The summed E-state index contributed by atoms with van der Waals surface area (Å²) >= 11 is 0. The van der Waals surface area contributed by atoms with E-state index >= 15 is 0 Å². The van der Waals surface area contributed by atoms with Crippen molar-refractivity contribution in [1.82, 2.24) is 5.32 Å². The summed E-state index contributed by atoms with van der Waals surface area (Å²) in [5.41, 5.74) is 0. The number of rotatable bonds is 42. The van der Waals surface area contributed by atoms with Crippen molar-refractivity contribution in [3.05, 3.63) is 36.5 Å². The summed E-state index contributed by atoms with van der Waals surface area (Å²) in [4.78, 5) is 12.6. The van der Waals surface area contributed by atoms with Gasteiger partial charge in [0, 0.05) is 0 Å². The molecule has 8 heteroatoms. The molecule has 7 nitrogen and oxygen atoms in total. The zero-order valence-electron chi connectivity index (χ0n) is 35.9. The first-order valence-electron chi connectivity index (χ1n) is 23.3. The lowest BCUT2D eigenvalue weighted by molar-refractivity contribution is -0.130. The predicted molar refractivity (Wildman–Crippen MR) is 236 cm³/mol. The molecular weight excluding hydrogens is 707 g/mol. The minimum atomic E-state index is -4.46. The van der Waals surface area contributed by atoms with Crippen LogP contribution in [0.25, 0.3) is 0 Å². The molecule has 0 spiro atoms. The Morgan fingerprint density at radius 3 is 1.20 bits per heavy atom. The summed E-state index contributed by atoms with van der Waals surface area (Å²) < 4.78 is 32.6. The van der Waals surface area contributed by atoms with Crippen molar-refractivity contribution in [3.63, 3.8) is 0 Å². The van der Waals surface area contributed by atoms with E-state index in [4.69, 9.17) is 0 Å². The van der Waals surface area contributed by atoms with Gasteiger partial charge in [-0.3, -0.25) is 9.35 Å². The van der Waals surface area contributed by atoms with Gasteiger partial charge in [0.15, 0.2) is 0 Å². The van der Waals surface area contributed by atoms with Crippen molar-refractivity contribution in [3.8, 4) is 0 Å². The van der Waals surface area contributed by atoms with Crippen LogP contribution < -0.4 is 5.32 Å². The molecule has 3 atom stereocenters. The molecule has 0 aliphatic heterocycles. The Morgan fingerprint density at radius 2 is 0.818 bits per heavy atom. The van der Waals surface area contributed by atoms with Gasteiger partial charge in [-0.05, 0) is 44.9 Å². The molecule has 0 aliphatic carbocycles. The van der Waals surface area contributed by atoms with Crippen LogP contribution in [0.5, 0.6) is 0 Å². The number of nitrogens with one attached hydrogen (secondary N) is 1. The molecule has 3 unspecified atom stereocenters. The van der Waals surface area contributed by atoms with E-state index in [9.17, 15) is 28.0 Å². The number of allylic oxidation sites excluding steroid dienone is 5. The lowest BCUT2D eigenvalue weighted by atomic mass is 10.0. The van der Waals surface area contributed by atoms with Crippen molar-refractivity contribution in [2.75, 3.05) is 5.75 Å².